The van der Waals surface area contributed by atoms with E-state index in [1.165, 1.54) is 19.4 Å². The molecule has 16 heavy (non-hydrogen) atoms. The Morgan fingerprint density at radius 1 is 1.31 bits per heavy atom. The molecule has 0 saturated carbocycles. The number of para-hydroxylation sites is 1. The lowest BCUT2D eigenvalue weighted by molar-refractivity contribution is 0.286. The van der Waals surface area contributed by atoms with Crippen molar-refractivity contribution >= 4 is 5.69 Å². The number of nitrogens with one attached hydrogen (secondary N) is 1. The summed E-state index contributed by atoms with van der Waals surface area (Å²) in [5, 5.41) is 3.74. The monoisotopic (exact) mass is 214 g/mol. The summed E-state index contributed by atoms with van der Waals surface area (Å²) in [6.45, 7) is 7.15. The summed E-state index contributed by atoms with van der Waals surface area (Å²) in [5.41, 5.74) is 5.13. The van der Waals surface area contributed by atoms with E-state index in [2.05, 4.69) is 42.3 Å². The molecule has 3 aliphatic rings. The Morgan fingerprint density at radius 2 is 2.19 bits per heavy atom. The average Bonchev–Trinajstić information content (AvgIpc) is 2.86. The first-order valence-electron chi connectivity index (χ1n) is 6.32. The quantitative estimate of drug-likeness (QED) is 0.711. The van der Waals surface area contributed by atoms with Crippen LogP contribution in [0.15, 0.2) is 18.2 Å². The fraction of sp³-hybridized carbons (Fsp3) is 0.571. The van der Waals surface area contributed by atoms with Gasteiger partial charge in [-0.1, -0.05) is 25.1 Å². The van der Waals surface area contributed by atoms with Crippen LogP contribution < -0.4 is 10.2 Å². The van der Waals surface area contributed by atoms with Crippen molar-refractivity contribution in [3.8, 4) is 0 Å². The largest absolute Gasteiger partial charge is 0.352 e. The Balaban J connectivity index is 2.07. The zero-order chi connectivity index (χ0) is 11.0. The third kappa shape index (κ3) is 0.717. The first-order valence-corrected chi connectivity index (χ1v) is 6.32. The van der Waals surface area contributed by atoms with Crippen LogP contribution in [0.4, 0.5) is 5.69 Å². The van der Waals surface area contributed by atoms with Gasteiger partial charge in [-0.25, -0.2) is 0 Å². The van der Waals surface area contributed by atoms with Gasteiger partial charge in [0.05, 0.1) is 5.66 Å². The van der Waals surface area contributed by atoms with Crippen LogP contribution in [0, 0.1) is 0 Å². The molecule has 3 heterocycles. The normalized spacial score (nSPS) is 39.0. The Morgan fingerprint density at radius 3 is 3.06 bits per heavy atom. The third-order valence-corrected chi connectivity index (χ3v) is 5.30. The van der Waals surface area contributed by atoms with Crippen LogP contribution >= 0.6 is 0 Å². The van der Waals surface area contributed by atoms with E-state index < -0.39 is 0 Å². The highest BCUT2D eigenvalue weighted by molar-refractivity contribution is 5.73. The highest BCUT2D eigenvalue weighted by Gasteiger charge is 2.60. The van der Waals surface area contributed by atoms with E-state index in [1.807, 2.05) is 0 Å². The van der Waals surface area contributed by atoms with Crippen molar-refractivity contribution in [2.45, 2.75) is 37.8 Å². The molecular weight excluding hydrogens is 196 g/mol. The molecule has 2 heteroatoms. The smallest absolute Gasteiger partial charge is 0.0976 e. The second-order valence-corrected chi connectivity index (χ2v) is 5.80. The minimum atomic E-state index is 0.155. The molecule has 0 radical (unpaired) electrons. The lowest BCUT2D eigenvalue weighted by Gasteiger charge is -2.41. The minimum absolute atomic E-state index is 0.155. The predicted octanol–water partition coefficient (Wildman–Crippen LogP) is 2.03. The first kappa shape index (κ1) is 9.06. The van der Waals surface area contributed by atoms with Crippen molar-refractivity contribution in [1.82, 2.24) is 5.32 Å². The maximum Gasteiger partial charge on any atom is 0.0976 e. The average molecular weight is 214 g/mol. The number of rotatable bonds is 0. The highest BCUT2D eigenvalue weighted by Crippen LogP contribution is 2.57. The summed E-state index contributed by atoms with van der Waals surface area (Å²) < 4.78 is 0. The molecule has 0 aliphatic carbocycles. The van der Waals surface area contributed by atoms with Gasteiger partial charge in [-0.3, -0.25) is 5.32 Å². The molecule has 1 aromatic rings. The van der Waals surface area contributed by atoms with E-state index in [0.717, 1.165) is 6.54 Å². The molecular formula is C14H18N2. The number of benzene rings is 1. The molecule has 0 bridgehead atoms. The number of anilines is 1. The second kappa shape index (κ2) is 2.45. The van der Waals surface area contributed by atoms with Crippen molar-refractivity contribution in [3.63, 3.8) is 0 Å². The SMILES string of the molecule is C[C@@]12CCN[C@]1(C)N1CCc3cccc2c31. The van der Waals surface area contributed by atoms with Crippen LogP contribution in [0.1, 0.15) is 31.4 Å². The first-order chi connectivity index (χ1) is 7.67. The van der Waals surface area contributed by atoms with Gasteiger partial charge in [-0.2, -0.15) is 0 Å². The van der Waals surface area contributed by atoms with Gasteiger partial charge < -0.3 is 4.90 Å². The van der Waals surface area contributed by atoms with Crippen LogP contribution in [0.25, 0.3) is 0 Å². The lowest BCUT2D eigenvalue weighted by atomic mass is 9.74. The Kier molecular flexibility index (Phi) is 1.39. The Hall–Kier alpha value is -1.02. The van der Waals surface area contributed by atoms with Crippen LogP contribution in [-0.2, 0) is 11.8 Å². The Bertz CT molecular complexity index is 482. The van der Waals surface area contributed by atoms with E-state index in [4.69, 9.17) is 0 Å². The molecule has 1 saturated heterocycles. The third-order valence-electron chi connectivity index (χ3n) is 5.30. The minimum Gasteiger partial charge on any atom is -0.352 e. The number of hydrogen-bond acceptors (Lipinski definition) is 2. The van der Waals surface area contributed by atoms with Crippen LogP contribution in [-0.4, -0.2) is 18.8 Å². The summed E-state index contributed by atoms with van der Waals surface area (Å²) in [6, 6.07) is 6.88. The summed E-state index contributed by atoms with van der Waals surface area (Å²) >= 11 is 0. The van der Waals surface area contributed by atoms with Gasteiger partial charge in [0.1, 0.15) is 0 Å². The highest BCUT2D eigenvalue weighted by atomic mass is 15.4. The zero-order valence-electron chi connectivity index (χ0n) is 10.0. The molecule has 0 aromatic heterocycles. The van der Waals surface area contributed by atoms with Crippen molar-refractivity contribution < 1.29 is 0 Å². The van der Waals surface area contributed by atoms with E-state index in [9.17, 15) is 0 Å². The summed E-state index contributed by atoms with van der Waals surface area (Å²) in [4.78, 5) is 2.62. The summed E-state index contributed by atoms with van der Waals surface area (Å²) in [5.74, 6) is 0. The zero-order valence-corrected chi connectivity index (χ0v) is 10.0. The molecule has 2 nitrogen and oxygen atoms in total. The molecule has 3 aliphatic heterocycles. The van der Waals surface area contributed by atoms with Crippen molar-refractivity contribution in [1.29, 1.82) is 0 Å². The molecule has 4 rings (SSSR count). The Labute approximate surface area is 96.6 Å². The summed E-state index contributed by atoms with van der Waals surface area (Å²) in [7, 11) is 0. The summed E-state index contributed by atoms with van der Waals surface area (Å²) in [6.07, 6.45) is 2.48. The fourth-order valence-corrected chi connectivity index (χ4v) is 4.13. The molecule has 84 valence electrons. The van der Waals surface area contributed by atoms with Gasteiger partial charge in [0, 0.05) is 17.6 Å². The van der Waals surface area contributed by atoms with Crippen molar-refractivity contribution in [3.05, 3.63) is 29.3 Å². The topological polar surface area (TPSA) is 15.3 Å². The molecule has 1 fully saturated rings. The van der Waals surface area contributed by atoms with E-state index >= 15 is 0 Å². The molecule has 0 unspecified atom stereocenters. The van der Waals surface area contributed by atoms with Gasteiger partial charge in [0.25, 0.3) is 0 Å². The van der Waals surface area contributed by atoms with Gasteiger partial charge >= 0.3 is 0 Å². The van der Waals surface area contributed by atoms with Crippen molar-refractivity contribution in [2.24, 2.45) is 0 Å². The van der Waals surface area contributed by atoms with Gasteiger partial charge in [0.15, 0.2) is 0 Å². The van der Waals surface area contributed by atoms with E-state index in [1.54, 1.807) is 16.8 Å². The standard InChI is InChI=1S/C14H18N2/c1-13-7-8-15-14(13,2)16-9-6-10-4-3-5-11(13)12(10)16/h3-5,15H,6-9H2,1-2H3/t13-,14+/m0/s1. The maximum absolute atomic E-state index is 3.74. The van der Waals surface area contributed by atoms with Crippen molar-refractivity contribution in [2.75, 3.05) is 18.0 Å². The molecule has 1 aromatic carbocycles. The molecule has 2 atom stereocenters. The van der Waals surface area contributed by atoms with Gasteiger partial charge in [0.2, 0.25) is 0 Å². The lowest BCUT2D eigenvalue weighted by Crippen LogP contribution is -2.58. The number of nitrogens with zero attached hydrogens (tertiary/aromatic N) is 1. The predicted molar refractivity (Wildman–Crippen MR) is 65.9 cm³/mol. The maximum atomic E-state index is 3.74. The van der Waals surface area contributed by atoms with Gasteiger partial charge in [-0.15, -0.1) is 0 Å². The number of hydrogen-bond donors (Lipinski definition) is 1. The second-order valence-electron chi connectivity index (χ2n) is 5.80. The molecule has 1 N–H and O–H groups in total. The van der Waals surface area contributed by atoms with E-state index in [0.29, 0.717) is 5.41 Å². The number of fused-ring (bicyclic) bond motifs is 3. The molecule has 0 amide bonds. The molecule has 0 spiro atoms. The van der Waals surface area contributed by atoms with Gasteiger partial charge in [-0.05, 0) is 37.4 Å². The van der Waals surface area contributed by atoms with Crippen LogP contribution in [0.3, 0.4) is 0 Å². The van der Waals surface area contributed by atoms with Crippen LogP contribution in [0.2, 0.25) is 0 Å². The van der Waals surface area contributed by atoms with E-state index in [-0.39, 0.29) is 5.66 Å². The van der Waals surface area contributed by atoms with Crippen LogP contribution in [0.5, 0.6) is 0 Å². The fourth-order valence-electron chi connectivity index (χ4n) is 4.13.